The van der Waals surface area contributed by atoms with Crippen molar-refractivity contribution in [3.05, 3.63) is 12.3 Å². The Labute approximate surface area is 200 Å². The van der Waals surface area contributed by atoms with Gasteiger partial charge in [-0.3, -0.25) is 18.9 Å². The van der Waals surface area contributed by atoms with E-state index in [0.29, 0.717) is 43.4 Å². The van der Waals surface area contributed by atoms with E-state index < -0.39 is 35.7 Å². The number of aliphatic carboxylic acids is 3. The number of carboxylic acid groups (broad SMARTS) is 3. The minimum Gasteiger partial charge on any atom is -0.481 e. The fourth-order valence-corrected chi connectivity index (χ4v) is 3.80. The van der Waals surface area contributed by atoms with Crippen molar-refractivity contribution in [1.29, 1.82) is 0 Å². The van der Waals surface area contributed by atoms with Gasteiger partial charge in [-0.15, -0.1) is 0 Å². The van der Waals surface area contributed by atoms with Gasteiger partial charge in [0.2, 0.25) is 0 Å². The van der Waals surface area contributed by atoms with E-state index >= 15 is 0 Å². The smallest absolute Gasteiger partial charge is 0.306 e. The summed E-state index contributed by atoms with van der Waals surface area (Å²) in [6, 6.07) is 0. The predicted octanol–water partition coefficient (Wildman–Crippen LogP) is 5.79. The number of unbranched alkanes of at least 4 members (excludes halogenated alkanes) is 7. The largest absolute Gasteiger partial charge is 0.481 e. The van der Waals surface area contributed by atoms with E-state index in [1.165, 1.54) is 38.5 Å². The number of carbonyl (C=O) groups is 3. The molecule has 0 aliphatic carbocycles. The summed E-state index contributed by atoms with van der Waals surface area (Å²) in [6.07, 6.45) is 15.1. The average Bonchev–Trinajstić information content (AvgIpc) is 2.77. The minimum absolute atomic E-state index is 0.434. The normalized spacial score (nSPS) is 16.2. The van der Waals surface area contributed by atoms with Gasteiger partial charge in [-0.25, -0.2) is 0 Å². The molecule has 0 saturated heterocycles. The predicted molar refractivity (Wildman–Crippen MR) is 131 cm³/mol. The van der Waals surface area contributed by atoms with E-state index in [0.717, 1.165) is 12.8 Å². The molecular formula is C26H48NO6+. The fourth-order valence-electron chi connectivity index (χ4n) is 3.80. The van der Waals surface area contributed by atoms with Gasteiger partial charge in [0.1, 0.15) is 0 Å². The van der Waals surface area contributed by atoms with Crippen molar-refractivity contribution in [3.63, 3.8) is 0 Å². The maximum atomic E-state index is 11.4. The number of hydrogen-bond donors (Lipinski definition) is 3. The van der Waals surface area contributed by atoms with Gasteiger partial charge in [0.05, 0.1) is 43.6 Å². The number of carboxylic acids is 3. The first kappa shape index (κ1) is 31.1. The third-order valence-corrected chi connectivity index (χ3v) is 6.68. The Balaban J connectivity index is 5.29. The Morgan fingerprint density at radius 2 is 1.03 bits per heavy atom. The van der Waals surface area contributed by atoms with Gasteiger partial charge in [0.15, 0.2) is 0 Å². The molecule has 0 aromatic rings. The zero-order valence-corrected chi connectivity index (χ0v) is 21.3. The lowest BCUT2D eigenvalue weighted by Gasteiger charge is -2.37. The molecule has 0 aromatic carbocycles. The molecule has 0 fully saturated rings. The van der Waals surface area contributed by atoms with Gasteiger partial charge >= 0.3 is 17.9 Å². The first-order valence-corrected chi connectivity index (χ1v) is 12.8. The maximum Gasteiger partial charge on any atom is 0.306 e. The van der Waals surface area contributed by atoms with Crippen molar-refractivity contribution < 1.29 is 34.2 Å². The van der Waals surface area contributed by atoms with E-state index in [1.54, 1.807) is 20.8 Å². The molecule has 0 amide bonds. The molecular weight excluding hydrogens is 422 g/mol. The van der Waals surface area contributed by atoms with Crippen LogP contribution in [0.15, 0.2) is 12.3 Å². The standard InChI is InChI=1S/C26H47NO6/c1-5-6-7-8-9-10-11-12-13-17-27(18-14-21(2)24(28)29,19-15-22(3)25(30)31)20-16-23(4)26(32)33/h13,17,21-23H,5-12,14-16,18-20H2,1-4H3,(H2-,28,29,30,31,32,33)/p+1/b17-13+. The fraction of sp³-hybridized carbons (Fsp3) is 0.808. The molecule has 0 radical (unpaired) electrons. The highest BCUT2D eigenvalue weighted by molar-refractivity contribution is 5.70. The Bertz CT molecular complexity index is 544. The first-order valence-electron chi connectivity index (χ1n) is 12.8. The van der Waals surface area contributed by atoms with Crippen LogP contribution in [0.4, 0.5) is 0 Å². The SMILES string of the molecule is CCCCCCCCC/C=C/[N+](CCC(C)C(=O)O)(CCC(C)C(=O)O)CCC(C)C(=O)O. The zero-order chi connectivity index (χ0) is 25.3. The van der Waals surface area contributed by atoms with Crippen molar-refractivity contribution in [1.82, 2.24) is 0 Å². The van der Waals surface area contributed by atoms with Crippen LogP contribution in [0.3, 0.4) is 0 Å². The molecule has 192 valence electrons. The molecule has 0 saturated carbocycles. The molecule has 0 aromatic heterocycles. The van der Waals surface area contributed by atoms with Crippen molar-refractivity contribution in [2.75, 3.05) is 19.6 Å². The Morgan fingerprint density at radius 3 is 1.39 bits per heavy atom. The Kier molecular flexibility index (Phi) is 16.6. The summed E-state index contributed by atoms with van der Waals surface area (Å²) in [5, 5.41) is 28.0. The van der Waals surface area contributed by atoms with Crippen molar-refractivity contribution in [2.24, 2.45) is 17.8 Å². The maximum absolute atomic E-state index is 11.4. The van der Waals surface area contributed by atoms with Gasteiger partial charge < -0.3 is 15.3 Å². The lowest BCUT2D eigenvalue weighted by molar-refractivity contribution is -0.881. The zero-order valence-electron chi connectivity index (χ0n) is 21.3. The quantitative estimate of drug-likeness (QED) is 0.145. The first-order chi connectivity index (χ1) is 15.5. The molecule has 3 unspecified atom stereocenters. The number of rotatable bonds is 21. The van der Waals surface area contributed by atoms with E-state index in [1.807, 2.05) is 0 Å². The molecule has 0 aliphatic rings. The number of hydrogen-bond acceptors (Lipinski definition) is 3. The molecule has 7 nitrogen and oxygen atoms in total. The molecule has 3 N–H and O–H groups in total. The topological polar surface area (TPSA) is 112 Å². The molecule has 0 aliphatic heterocycles. The van der Waals surface area contributed by atoms with Crippen LogP contribution in [0, 0.1) is 17.8 Å². The van der Waals surface area contributed by atoms with Gasteiger partial charge in [-0.1, -0.05) is 66.2 Å². The van der Waals surface area contributed by atoms with E-state index in [-0.39, 0.29) is 0 Å². The summed E-state index contributed by atoms with van der Waals surface area (Å²) in [6.45, 7) is 8.91. The van der Waals surface area contributed by atoms with Crippen LogP contribution in [0.2, 0.25) is 0 Å². The van der Waals surface area contributed by atoms with Crippen LogP contribution in [-0.2, 0) is 14.4 Å². The Morgan fingerprint density at radius 1 is 0.667 bits per heavy atom. The second-order valence-electron chi connectivity index (χ2n) is 9.77. The van der Waals surface area contributed by atoms with Crippen LogP contribution in [-0.4, -0.2) is 57.3 Å². The molecule has 0 spiro atoms. The van der Waals surface area contributed by atoms with Crippen LogP contribution in [0.1, 0.15) is 98.3 Å². The van der Waals surface area contributed by atoms with E-state index in [2.05, 4.69) is 19.2 Å². The summed E-state index contributed by atoms with van der Waals surface area (Å²) in [4.78, 5) is 34.1. The molecule has 0 rings (SSSR count). The van der Waals surface area contributed by atoms with Crippen LogP contribution >= 0.6 is 0 Å². The second-order valence-corrected chi connectivity index (χ2v) is 9.77. The average molecular weight is 471 g/mol. The third-order valence-electron chi connectivity index (χ3n) is 6.68. The van der Waals surface area contributed by atoms with Crippen LogP contribution < -0.4 is 0 Å². The van der Waals surface area contributed by atoms with Crippen LogP contribution in [0.25, 0.3) is 0 Å². The van der Waals surface area contributed by atoms with Crippen molar-refractivity contribution >= 4 is 17.9 Å². The number of allylic oxidation sites excluding steroid dienone is 1. The molecule has 7 heteroatoms. The van der Waals surface area contributed by atoms with Gasteiger partial charge in [-0.2, -0.15) is 0 Å². The van der Waals surface area contributed by atoms with Crippen molar-refractivity contribution in [2.45, 2.75) is 98.3 Å². The highest BCUT2D eigenvalue weighted by Gasteiger charge is 2.30. The lowest BCUT2D eigenvalue weighted by Crippen LogP contribution is -2.47. The summed E-state index contributed by atoms with van der Waals surface area (Å²) in [5.41, 5.74) is 0. The summed E-state index contributed by atoms with van der Waals surface area (Å²) in [7, 11) is 0. The van der Waals surface area contributed by atoms with Gasteiger partial charge in [0.25, 0.3) is 0 Å². The molecule has 33 heavy (non-hydrogen) atoms. The van der Waals surface area contributed by atoms with Gasteiger partial charge in [0, 0.05) is 19.3 Å². The van der Waals surface area contributed by atoms with E-state index in [4.69, 9.17) is 0 Å². The van der Waals surface area contributed by atoms with Crippen molar-refractivity contribution in [3.8, 4) is 0 Å². The highest BCUT2D eigenvalue weighted by atomic mass is 16.4. The summed E-state index contributed by atoms with van der Waals surface area (Å²) in [5.74, 6) is -4.07. The van der Waals surface area contributed by atoms with E-state index in [9.17, 15) is 29.7 Å². The second kappa shape index (κ2) is 17.6. The molecule has 0 heterocycles. The summed E-state index contributed by atoms with van der Waals surface area (Å²) < 4.78 is 0.434. The monoisotopic (exact) mass is 470 g/mol. The number of quaternary nitrogens is 1. The number of nitrogens with zero attached hydrogens (tertiary/aromatic N) is 1. The minimum atomic E-state index is -0.849. The lowest BCUT2D eigenvalue weighted by atomic mass is 10.0. The molecule has 3 atom stereocenters. The Hall–Kier alpha value is -1.89. The van der Waals surface area contributed by atoms with Gasteiger partial charge in [-0.05, 0) is 18.9 Å². The summed E-state index contributed by atoms with van der Waals surface area (Å²) >= 11 is 0. The van der Waals surface area contributed by atoms with Crippen LogP contribution in [0.5, 0.6) is 0 Å². The molecule has 0 bridgehead atoms. The third kappa shape index (κ3) is 14.8. The highest BCUT2D eigenvalue weighted by Crippen LogP contribution is 2.21.